The summed E-state index contributed by atoms with van der Waals surface area (Å²) in [5.74, 6) is -1.31. The van der Waals surface area contributed by atoms with Gasteiger partial charge in [-0.25, -0.2) is 4.98 Å². The van der Waals surface area contributed by atoms with Crippen molar-refractivity contribution in [3.05, 3.63) is 50.5 Å². The van der Waals surface area contributed by atoms with Gasteiger partial charge < -0.3 is 24.5 Å². The van der Waals surface area contributed by atoms with E-state index in [4.69, 9.17) is 14.7 Å². The molecule has 1 aromatic carbocycles. The molecule has 0 atom stereocenters. The molecule has 0 unspecified atom stereocenters. The van der Waals surface area contributed by atoms with Crippen LogP contribution in [0.25, 0.3) is 33.0 Å². The number of phenolic OH excluding ortho intramolecular Hbond substituents is 1. The highest BCUT2D eigenvalue weighted by Crippen LogP contribution is 2.33. The lowest BCUT2D eigenvalue weighted by atomic mass is 10.1. The number of carbonyl (C=O) groups is 1. The van der Waals surface area contributed by atoms with Crippen molar-refractivity contribution in [1.29, 1.82) is 0 Å². The third kappa shape index (κ3) is 4.43. The van der Waals surface area contributed by atoms with Crippen LogP contribution in [0.3, 0.4) is 0 Å². The van der Waals surface area contributed by atoms with Gasteiger partial charge in [-0.2, -0.15) is 0 Å². The monoisotopic (exact) mass is 412 g/mol. The van der Waals surface area contributed by atoms with Gasteiger partial charge in [0.1, 0.15) is 11.2 Å². The molecule has 11 heteroatoms. The van der Waals surface area contributed by atoms with Crippen molar-refractivity contribution in [2.45, 2.75) is 0 Å². The first-order valence-electron chi connectivity index (χ1n) is 9.07. The number of aromatic hydroxyl groups is 1. The first-order chi connectivity index (χ1) is 14.4. The molecule has 3 rings (SSSR count). The Balaban J connectivity index is 1.88. The number of nitrogens with zero attached hydrogens (tertiary/aromatic N) is 5. The Morgan fingerprint density at radius 3 is 2.90 bits per heavy atom. The van der Waals surface area contributed by atoms with Crippen LogP contribution in [0.15, 0.2) is 38.6 Å². The van der Waals surface area contributed by atoms with Crippen LogP contribution < -0.4 is 15.6 Å². The number of rotatable bonds is 8. The van der Waals surface area contributed by atoms with E-state index < -0.39 is 17.1 Å². The molecule has 1 heterocycles. The summed E-state index contributed by atoms with van der Waals surface area (Å²) in [5, 5.41) is 16.1. The number of aromatic nitrogens is 1. The number of phenols is 1. The number of anilines is 1. The quantitative estimate of drug-likeness (QED) is 0.189. The number of hydrogen-bond donors (Lipinski definition) is 2. The van der Waals surface area contributed by atoms with Crippen molar-refractivity contribution in [2.75, 3.05) is 45.3 Å². The fraction of sp³-hybridized carbons (Fsp3) is 0.316. The van der Waals surface area contributed by atoms with E-state index >= 15 is 0 Å². The molecular formula is C19H20N6O5. The molecule has 1 aliphatic carbocycles. The van der Waals surface area contributed by atoms with Crippen LogP contribution in [0.2, 0.25) is 0 Å². The van der Waals surface area contributed by atoms with E-state index in [0.717, 1.165) is 11.8 Å². The lowest BCUT2D eigenvalue weighted by Crippen LogP contribution is -2.29. The van der Waals surface area contributed by atoms with E-state index in [-0.39, 0.29) is 43.3 Å². The third-order valence-corrected chi connectivity index (χ3v) is 4.27. The Bertz CT molecular complexity index is 1150. The van der Waals surface area contributed by atoms with E-state index in [2.05, 4.69) is 20.3 Å². The summed E-state index contributed by atoms with van der Waals surface area (Å²) in [6.07, 6.45) is 0. The molecule has 0 bridgehead atoms. The minimum absolute atomic E-state index is 0.00998. The van der Waals surface area contributed by atoms with Crippen molar-refractivity contribution < 1.29 is 19.1 Å². The second-order valence-corrected chi connectivity index (χ2v) is 6.53. The number of benzene rings is 2. The van der Waals surface area contributed by atoms with Gasteiger partial charge in [-0.1, -0.05) is 5.11 Å². The molecule has 1 amide bonds. The molecule has 0 aromatic heterocycles. The van der Waals surface area contributed by atoms with Gasteiger partial charge >= 0.3 is 0 Å². The lowest BCUT2D eigenvalue weighted by molar-refractivity contribution is 0.0920. The van der Waals surface area contributed by atoms with Gasteiger partial charge in [-0.3, -0.25) is 9.59 Å². The minimum Gasteiger partial charge on any atom is -0.501 e. The highest BCUT2D eigenvalue weighted by molar-refractivity contribution is 6.01. The summed E-state index contributed by atoms with van der Waals surface area (Å²) in [6.45, 7) is 0.790. The van der Waals surface area contributed by atoms with Gasteiger partial charge in [0.15, 0.2) is 11.3 Å². The smallest absolute Gasteiger partial charge is 0.253 e. The van der Waals surface area contributed by atoms with Crippen molar-refractivity contribution in [2.24, 2.45) is 5.11 Å². The summed E-state index contributed by atoms with van der Waals surface area (Å²) >= 11 is 0. The molecule has 30 heavy (non-hydrogen) atoms. The van der Waals surface area contributed by atoms with Crippen LogP contribution in [0, 0.1) is 0 Å². The van der Waals surface area contributed by atoms with Crippen LogP contribution in [-0.2, 0) is 4.74 Å². The summed E-state index contributed by atoms with van der Waals surface area (Å²) in [4.78, 5) is 33.7. The molecule has 1 aromatic rings. The van der Waals surface area contributed by atoms with Crippen LogP contribution >= 0.6 is 0 Å². The predicted octanol–water partition coefficient (Wildman–Crippen LogP) is 2.12. The fourth-order valence-corrected chi connectivity index (χ4v) is 2.76. The SMILES string of the molecule is CN(C)c1ccc2nc3c(C(=O)NCCOCCN=[N+]=[N-])cc(=O)c(O)c-3oc2c1. The number of azide groups is 1. The largest absolute Gasteiger partial charge is 0.501 e. The maximum absolute atomic E-state index is 12.6. The number of carbonyl (C=O) groups excluding carboxylic acids is 1. The third-order valence-electron chi connectivity index (χ3n) is 4.27. The van der Waals surface area contributed by atoms with Crippen LogP contribution in [0.1, 0.15) is 10.4 Å². The molecule has 0 radical (unpaired) electrons. The van der Waals surface area contributed by atoms with E-state index in [1.807, 2.05) is 25.1 Å². The van der Waals surface area contributed by atoms with Gasteiger partial charge in [-0.05, 0) is 17.7 Å². The Morgan fingerprint density at radius 1 is 1.37 bits per heavy atom. The highest BCUT2D eigenvalue weighted by Gasteiger charge is 2.25. The van der Waals surface area contributed by atoms with Crippen molar-refractivity contribution in [1.82, 2.24) is 10.3 Å². The van der Waals surface area contributed by atoms with E-state index in [1.54, 1.807) is 12.1 Å². The number of nitrogens with one attached hydrogen (secondary N) is 1. The standard InChI is InChI=1S/C19H20N6O5/c1-25(2)11-3-4-13-15(9-11)30-18-16(23-13)12(10-14(26)17(18)27)19(28)21-5-7-29-8-6-22-24-20/h3-4,9-10,27H,5-8H2,1-2H3,(H,21,28). The van der Waals surface area contributed by atoms with Gasteiger partial charge in [0.05, 0.1) is 18.8 Å². The summed E-state index contributed by atoms with van der Waals surface area (Å²) in [5.41, 5.74) is 9.21. The molecule has 1 aliphatic heterocycles. The van der Waals surface area contributed by atoms with Gasteiger partial charge in [-0.15, -0.1) is 0 Å². The molecule has 0 saturated heterocycles. The summed E-state index contributed by atoms with van der Waals surface area (Å²) in [6, 6.07) is 6.32. The van der Waals surface area contributed by atoms with Crippen LogP contribution in [-0.4, -0.2) is 56.4 Å². The molecule has 2 N–H and O–H groups in total. The minimum atomic E-state index is -0.744. The Labute approximate surface area is 170 Å². The molecule has 11 nitrogen and oxygen atoms in total. The van der Waals surface area contributed by atoms with Crippen LogP contribution in [0.5, 0.6) is 5.75 Å². The maximum atomic E-state index is 12.6. The maximum Gasteiger partial charge on any atom is 0.253 e. The van der Waals surface area contributed by atoms with E-state index in [9.17, 15) is 14.7 Å². The van der Waals surface area contributed by atoms with Gasteiger partial charge in [0.2, 0.25) is 11.2 Å². The van der Waals surface area contributed by atoms with Gasteiger partial charge in [0.25, 0.3) is 5.91 Å². The fourth-order valence-electron chi connectivity index (χ4n) is 2.76. The molecule has 0 saturated carbocycles. The Morgan fingerprint density at radius 2 is 2.17 bits per heavy atom. The zero-order chi connectivity index (χ0) is 21.7. The normalized spacial score (nSPS) is 10.7. The lowest BCUT2D eigenvalue weighted by Gasteiger charge is -2.15. The molecule has 0 fully saturated rings. The van der Waals surface area contributed by atoms with Crippen LogP contribution in [0.4, 0.5) is 5.69 Å². The average Bonchev–Trinajstić information content (AvgIpc) is 2.74. The second-order valence-electron chi connectivity index (χ2n) is 6.53. The zero-order valence-corrected chi connectivity index (χ0v) is 16.5. The number of amides is 1. The van der Waals surface area contributed by atoms with Crippen molar-refractivity contribution in [3.63, 3.8) is 0 Å². The van der Waals surface area contributed by atoms with Gasteiger partial charge in [0, 0.05) is 49.9 Å². The predicted molar refractivity (Wildman–Crippen MR) is 110 cm³/mol. The van der Waals surface area contributed by atoms with E-state index in [0.29, 0.717) is 11.1 Å². The average molecular weight is 412 g/mol. The van der Waals surface area contributed by atoms with Crippen molar-refractivity contribution >= 4 is 22.7 Å². The summed E-state index contributed by atoms with van der Waals surface area (Å²) in [7, 11) is 3.73. The molecule has 2 aliphatic rings. The number of hydrogen-bond acceptors (Lipinski definition) is 8. The molecular weight excluding hydrogens is 392 g/mol. The number of fused-ring (bicyclic) bond motifs is 2. The van der Waals surface area contributed by atoms with E-state index in [1.165, 1.54) is 0 Å². The number of ether oxygens (including phenoxy) is 1. The zero-order valence-electron chi connectivity index (χ0n) is 16.5. The first-order valence-corrected chi connectivity index (χ1v) is 9.07. The molecule has 0 spiro atoms. The Hall–Kier alpha value is -3.82. The van der Waals surface area contributed by atoms with Crippen molar-refractivity contribution in [3.8, 4) is 17.2 Å². The molecule has 156 valence electrons. The Kier molecular flexibility index (Phi) is 6.35. The second kappa shape index (κ2) is 9.12. The summed E-state index contributed by atoms with van der Waals surface area (Å²) < 4.78 is 11.0. The topological polar surface area (TPSA) is 154 Å². The first kappa shape index (κ1) is 20.9. The highest BCUT2D eigenvalue weighted by atomic mass is 16.5.